The summed E-state index contributed by atoms with van der Waals surface area (Å²) in [5, 5.41) is 7.84. The third kappa shape index (κ3) is 4.17. The van der Waals surface area contributed by atoms with E-state index < -0.39 is 10.0 Å². The Labute approximate surface area is 123 Å². The van der Waals surface area contributed by atoms with E-state index in [1.54, 1.807) is 35.2 Å². The van der Waals surface area contributed by atoms with Crippen molar-refractivity contribution in [3.05, 3.63) is 53.9 Å². The molecule has 0 unspecified atom stereocenters. The Morgan fingerprint density at radius 3 is 2.43 bits per heavy atom. The molecular weight excluding hydrogens is 290 g/mol. The van der Waals surface area contributed by atoms with Gasteiger partial charge >= 0.3 is 0 Å². The van der Waals surface area contributed by atoms with Crippen molar-refractivity contribution in [3.8, 4) is 0 Å². The normalized spacial score (nSPS) is 11.3. The van der Waals surface area contributed by atoms with Gasteiger partial charge in [-0.25, -0.2) is 13.6 Å². The van der Waals surface area contributed by atoms with Gasteiger partial charge < -0.3 is 9.88 Å². The molecule has 0 aliphatic rings. The minimum Gasteiger partial charge on any atom is -0.356 e. The molecule has 0 bridgehead atoms. The molecular formula is C14H17N3O3S. The highest BCUT2D eigenvalue weighted by Gasteiger charge is 2.08. The minimum absolute atomic E-state index is 0.0829. The van der Waals surface area contributed by atoms with E-state index in [1.807, 2.05) is 7.05 Å². The third-order valence-electron chi connectivity index (χ3n) is 3.05. The van der Waals surface area contributed by atoms with Crippen molar-refractivity contribution >= 4 is 15.9 Å². The van der Waals surface area contributed by atoms with E-state index >= 15 is 0 Å². The van der Waals surface area contributed by atoms with Gasteiger partial charge in [-0.1, -0.05) is 12.1 Å². The van der Waals surface area contributed by atoms with Gasteiger partial charge in [0.2, 0.25) is 10.0 Å². The summed E-state index contributed by atoms with van der Waals surface area (Å²) >= 11 is 0. The van der Waals surface area contributed by atoms with Crippen LogP contribution in [0.2, 0.25) is 0 Å². The second-order valence-corrected chi connectivity index (χ2v) is 6.32. The number of aromatic nitrogens is 1. The highest BCUT2D eigenvalue weighted by atomic mass is 32.2. The lowest BCUT2D eigenvalue weighted by Crippen LogP contribution is -2.25. The molecule has 6 nitrogen and oxygen atoms in total. The fraction of sp³-hybridized carbons (Fsp3) is 0.214. The molecule has 7 heteroatoms. The van der Waals surface area contributed by atoms with E-state index in [2.05, 4.69) is 5.32 Å². The predicted octanol–water partition coefficient (Wildman–Crippen LogP) is 0.645. The molecule has 2 rings (SSSR count). The highest BCUT2D eigenvalue weighted by molar-refractivity contribution is 7.89. The number of rotatable bonds is 5. The second kappa shape index (κ2) is 6.11. The molecule has 1 aromatic heterocycles. The van der Waals surface area contributed by atoms with Gasteiger partial charge in [0.1, 0.15) is 0 Å². The molecule has 2 aromatic rings. The van der Waals surface area contributed by atoms with Gasteiger partial charge in [-0.05, 0) is 30.2 Å². The lowest BCUT2D eigenvalue weighted by Gasteiger charge is -2.05. The number of sulfonamides is 1. The van der Waals surface area contributed by atoms with E-state index in [0.717, 1.165) is 5.56 Å². The average Bonchev–Trinajstić information content (AvgIpc) is 2.85. The molecule has 0 radical (unpaired) electrons. The smallest absolute Gasteiger partial charge is 0.252 e. The zero-order chi connectivity index (χ0) is 15.5. The van der Waals surface area contributed by atoms with E-state index in [1.165, 1.54) is 12.1 Å². The molecule has 0 aliphatic heterocycles. The molecule has 0 atom stereocenters. The molecule has 0 fully saturated rings. The summed E-state index contributed by atoms with van der Waals surface area (Å²) in [5.41, 5.74) is 1.54. The Morgan fingerprint density at radius 1 is 1.24 bits per heavy atom. The van der Waals surface area contributed by atoms with E-state index in [9.17, 15) is 13.2 Å². The van der Waals surface area contributed by atoms with Crippen molar-refractivity contribution in [2.75, 3.05) is 6.54 Å². The first kappa shape index (κ1) is 15.3. The topological polar surface area (TPSA) is 94.2 Å². The maximum absolute atomic E-state index is 11.8. The highest BCUT2D eigenvalue weighted by Crippen LogP contribution is 2.09. The van der Waals surface area contributed by atoms with Gasteiger partial charge in [-0.15, -0.1) is 0 Å². The number of amides is 1. The molecule has 3 N–H and O–H groups in total. The summed E-state index contributed by atoms with van der Waals surface area (Å²) in [4.78, 5) is 11.9. The van der Waals surface area contributed by atoms with Crippen molar-refractivity contribution in [2.24, 2.45) is 12.2 Å². The Kier molecular flexibility index (Phi) is 4.44. The fourth-order valence-electron chi connectivity index (χ4n) is 1.91. The maximum Gasteiger partial charge on any atom is 0.252 e. The SMILES string of the molecule is Cn1ccc(C(=O)NCCc2ccc(S(N)(=O)=O)cc2)c1. The molecule has 112 valence electrons. The Bertz CT molecular complexity index is 733. The first-order valence-electron chi connectivity index (χ1n) is 6.38. The van der Waals surface area contributed by atoms with Gasteiger partial charge in [0.05, 0.1) is 10.5 Å². The number of nitrogens with one attached hydrogen (secondary N) is 1. The summed E-state index contributed by atoms with van der Waals surface area (Å²) < 4.78 is 24.1. The maximum atomic E-state index is 11.8. The predicted molar refractivity (Wildman–Crippen MR) is 79.3 cm³/mol. The van der Waals surface area contributed by atoms with Crippen LogP contribution in [0.5, 0.6) is 0 Å². The first-order valence-corrected chi connectivity index (χ1v) is 7.93. The monoisotopic (exact) mass is 307 g/mol. The van der Waals surface area contributed by atoms with Crippen LogP contribution in [-0.4, -0.2) is 25.4 Å². The van der Waals surface area contributed by atoms with Crippen LogP contribution in [0.15, 0.2) is 47.6 Å². The lowest BCUT2D eigenvalue weighted by molar-refractivity contribution is 0.0954. The Balaban J connectivity index is 1.88. The van der Waals surface area contributed by atoms with Crippen molar-refractivity contribution in [2.45, 2.75) is 11.3 Å². The standard InChI is InChI=1S/C14H17N3O3S/c1-17-9-7-12(10-17)14(18)16-8-6-11-2-4-13(5-3-11)21(15,19)20/h2-5,7,9-10H,6,8H2,1H3,(H,16,18)(H2,15,19,20). The number of aryl methyl sites for hydroxylation is 1. The number of nitrogens with zero attached hydrogens (tertiary/aromatic N) is 1. The summed E-state index contributed by atoms with van der Waals surface area (Å²) in [5.74, 6) is -0.128. The quantitative estimate of drug-likeness (QED) is 0.849. The number of carbonyl (C=O) groups is 1. The van der Waals surface area contributed by atoms with Crippen LogP contribution < -0.4 is 10.5 Å². The summed E-state index contributed by atoms with van der Waals surface area (Å²) in [6.07, 6.45) is 4.17. The average molecular weight is 307 g/mol. The van der Waals surface area contributed by atoms with E-state index in [-0.39, 0.29) is 10.8 Å². The first-order chi connectivity index (χ1) is 9.86. The molecule has 1 amide bonds. The van der Waals surface area contributed by atoms with E-state index in [0.29, 0.717) is 18.5 Å². The molecule has 0 saturated heterocycles. The molecule has 0 saturated carbocycles. The number of hydrogen-bond acceptors (Lipinski definition) is 3. The number of nitrogens with two attached hydrogens (primary N) is 1. The van der Waals surface area contributed by atoms with Crippen molar-refractivity contribution in [1.29, 1.82) is 0 Å². The van der Waals surface area contributed by atoms with Crippen LogP contribution in [0.25, 0.3) is 0 Å². The minimum atomic E-state index is -3.66. The van der Waals surface area contributed by atoms with Gasteiger partial charge in [0.25, 0.3) is 5.91 Å². The van der Waals surface area contributed by atoms with Crippen molar-refractivity contribution in [1.82, 2.24) is 9.88 Å². The lowest BCUT2D eigenvalue weighted by atomic mass is 10.1. The van der Waals surface area contributed by atoms with Gasteiger partial charge in [-0.3, -0.25) is 4.79 Å². The van der Waals surface area contributed by atoms with Gasteiger partial charge in [-0.2, -0.15) is 0 Å². The largest absolute Gasteiger partial charge is 0.356 e. The summed E-state index contributed by atoms with van der Waals surface area (Å²) in [6, 6.07) is 8.05. The van der Waals surface area contributed by atoms with Crippen LogP contribution in [0, 0.1) is 0 Å². The van der Waals surface area contributed by atoms with Crippen LogP contribution in [0.1, 0.15) is 15.9 Å². The zero-order valence-corrected chi connectivity index (χ0v) is 12.4. The van der Waals surface area contributed by atoms with E-state index in [4.69, 9.17) is 5.14 Å². The Hall–Kier alpha value is -2.12. The number of carbonyl (C=O) groups excluding carboxylic acids is 1. The zero-order valence-electron chi connectivity index (χ0n) is 11.6. The van der Waals surface area contributed by atoms with Gasteiger partial charge in [0.15, 0.2) is 0 Å². The molecule has 0 spiro atoms. The molecule has 0 aliphatic carbocycles. The fourth-order valence-corrected chi connectivity index (χ4v) is 2.42. The third-order valence-corrected chi connectivity index (χ3v) is 3.97. The molecule has 1 heterocycles. The van der Waals surface area contributed by atoms with Crippen LogP contribution in [-0.2, 0) is 23.5 Å². The molecule has 21 heavy (non-hydrogen) atoms. The second-order valence-electron chi connectivity index (χ2n) is 4.76. The Morgan fingerprint density at radius 2 is 1.90 bits per heavy atom. The molecule has 1 aromatic carbocycles. The van der Waals surface area contributed by atoms with Crippen LogP contribution >= 0.6 is 0 Å². The summed E-state index contributed by atoms with van der Waals surface area (Å²) in [6.45, 7) is 0.475. The van der Waals surface area contributed by atoms with Crippen molar-refractivity contribution in [3.63, 3.8) is 0 Å². The number of benzene rings is 1. The number of hydrogen-bond donors (Lipinski definition) is 2. The summed E-state index contributed by atoms with van der Waals surface area (Å²) in [7, 11) is -1.81. The van der Waals surface area contributed by atoms with Crippen LogP contribution in [0.3, 0.4) is 0 Å². The number of primary sulfonamides is 1. The van der Waals surface area contributed by atoms with Crippen molar-refractivity contribution < 1.29 is 13.2 Å². The van der Waals surface area contributed by atoms with Crippen LogP contribution in [0.4, 0.5) is 0 Å². The van der Waals surface area contributed by atoms with Gasteiger partial charge in [0, 0.05) is 26.0 Å².